The van der Waals surface area contributed by atoms with Gasteiger partial charge in [-0.15, -0.1) is 0 Å². The summed E-state index contributed by atoms with van der Waals surface area (Å²) >= 11 is 0. The predicted molar refractivity (Wildman–Crippen MR) is 77.8 cm³/mol. The van der Waals surface area contributed by atoms with Crippen molar-refractivity contribution in [3.8, 4) is 11.8 Å². The molecule has 1 aliphatic heterocycles. The number of hydrogen-bond acceptors (Lipinski definition) is 4. The second-order valence-electron chi connectivity index (χ2n) is 6.41. The van der Waals surface area contributed by atoms with Crippen molar-refractivity contribution in [2.24, 2.45) is 5.41 Å². The summed E-state index contributed by atoms with van der Waals surface area (Å²) in [6.07, 6.45) is 0. The lowest BCUT2D eigenvalue weighted by Crippen LogP contribution is -2.47. The molecule has 1 saturated heterocycles. The van der Waals surface area contributed by atoms with Gasteiger partial charge in [-0.1, -0.05) is 26.0 Å². The molecule has 0 aliphatic carbocycles. The molecule has 0 N–H and O–H groups in total. The van der Waals surface area contributed by atoms with E-state index in [0.717, 1.165) is 5.46 Å². The molecule has 1 heterocycles. The van der Waals surface area contributed by atoms with Gasteiger partial charge in [-0.05, 0) is 31.4 Å². The number of nitrogens with zero attached hydrogens (tertiary/aromatic N) is 1. The minimum absolute atomic E-state index is 0.0658. The maximum atomic E-state index is 8.95. The van der Waals surface area contributed by atoms with Crippen LogP contribution in [0.25, 0.3) is 0 Å². The third-order valence-corrected chi connectivity index (χ3v) is 3.05. The van der Waals surface area contributed by atoms with Gasteiger partial charge in [-0.3, -0.25) is 0 Å². The first-order valence-corrected chi connectivity index (χ1v) is 6.75. The highest BCUT2D eigenvalue weighted by Crippen LogP contribution is 2.22. The number of hydrogen-bond donors (Lipinski definition) is 0. The fourth-order valence-corrected chi connectivity index (χ4v) is 1.90. The van der Waals surface area contributed by atoms with Crippen molar-refractivity contribution in [3.63, 3.8) is 0 Å². The Morgan fingerprint density at radius 1 is 1.20 bits per heavy atom. The van der Waals surface area contributed by atoms with Gasteiger partial charge in [0.15, 0.2) is 5.60 Å². The lowest BCUT2D eigenvalue weighted by atomic mass is 9.76. The number of ether oxygens (including phenoxy) is 1. The Kier molecular flexibility index (Phi) is 4.07. The maximum Gasteiger partial charge on any atom is 0.493 e. The molecule has 2 rings (SSSR count). The average molecular weight is 273 g/mol. The van der Waals surface area contributed by atoms with E-state index in [1.54, 1.807) is 13.8 Å². The van der Waals surface area contributed by atoms with Crippen LogP contribution in [0.1, 0.15) is 27.7 Å². The Morgan fingerprint density at radius 3 is 2.25 bits per heavy atom. The van der Waals surface area contributed by atoms with Crippen LogP contribution >= 0.6 is 0 Å². The fourth-order valence-electron chi connectivity index (χ4n) is 1.90. The summed E-state index contributed by atoms with van der Waals surface area (Å²) in [6.45, 7) is 9.05. The van der Waals surface area contributed by atoms with Gasteiger partial charge in [0.1, 0.15) is 11.8 Å². The van der Waals surface area contributed by atoms with E-state index in [2.05, 4.69) is 19.9 Å². The summed E-state index contributed by atoms with van der Waals surface area (Å²) in [4.78, 5) is 0. The van der Waals surface area contributed by atoms with Crippen molar-refractivity contribution in [2.45, 2.75) is 33.3 Å². The van der Waals surface area contributed by atoms with Crippen molar-refractivity contribution >= 4 is 12.6 Å². The summed E-state index contributed by atoms with van der Waals surface area (Å²) in [7, 11) is -0.318. The molecule has 0 saturated carbocycles. The van der Waals surface area contributed by atoms with Gasteiger partial charge in [0.25, 0.3) is 0 Å². The first kappa shape index (κ1) is 14.9. The van der Waals surface area contributed by atoms with Crippen LogP contribution in [0.15, 0.2) is 24.3 Å². The lowest BCUT2D eigenvalue weighted by Gasteiger charge is -2.33. The molecule has 0 bridgehead atoms. The van der Waals surface area contributed by atoms with Crippen molar-refractivity contribution < 1.29 is 14.0 Å². The highest BCUT2D eigenvalue weighted by atomic mass is 16.6. The first-order valence-electron chi connectivity index (χ1n) is 6.75. The van der Waals surface area contributed by atoms with Crippen LogP contribution in [0.2, 0.25) is 0 Å². The van der Waals surface area contributed by atoms with Crippen molar-refractivity contribution in [1.82, 2.24) is 0 Å². The van der Waals surface area contributed by atoms with Gasteiger partial charge in [-0.2, -0.15) is 5.26 Å². The molecule has 0 aromatic heterocycles. The minimum Gasteiger partial charge on any atom is -0.473 e. The third-order valence-electron chi connectivity index (χ3n) is 3.05. The standard InChI is InChI=1S/C15H20BNO3/c1-14(2)10-18-16(19-11-14)12-5-7-13(8-6-12)20-15(3,4)9-17/h5-8H,10-11H2,1-4H3. The maximum absolute atomic E-state index is 8.95. The van der Waals surface area contributed by atoms with Crippen molar-refractivity contribution in [1.29, 1.82) is 5.26 Å². The van der Waals surface area contributed by atoms with Crippen LogP contribution in [0.4, 0.5) is 0 Å². The van der Waals surface area contributed by atoms with E-state index in [9.17, 15) is 0 Å². The molecule has 20 heavy (non-hydrogen) atoms. The summed E-state index contributed by atoms with van der Waals surface area (Å²) in [6, 6.07) is 9.59. The molecular weight excluding hydrogens is 253 g/mol. The average Bonchev–Trinajstić information content (AvgIpc) is 2.40. The van der Waals surface area contributed by atoms with Crippen molar-refractivity contribution in [3.05, 3.63) is 24.3 Å². The topological polar surface area (TPSA) is 51.5 Å². The summed E-state index contributed by atoms with van der Waals surface area (Å²) in [5.74, 6) is 0.663. The smallest absolute Gasteiger partial charge is 0.473 e. The van der Waals surface area contributed by atoms with Crippen molar-refractivity contribution in [2.75, 3.05) is 13.2 Å². The summed E-state index contributed by atoms with van der Waals surface area (Å²) in [5, 5.41) is 8.95. The molecule has 1 aromatic carbocycles. The van der Waals surface area contributed by atoms with Crippen LogP contribution in [-0.4, -0.2) is 25.9 Å². The van der Waals surface area contributed by atoms with E-state index in [-0.39, 0.29) is 12.5 Å². The van der Waals surface area contributed by atoms with E-state index in [4.69, 9.17) is 19.3 Å². The molecule has 106 valence electrons. The van der Waals surface area contributed by atoms with Gasteiger partial charge in [0, 0.05) is 18.6 Å². The number of nitriles is 1. The van der Waals surface area contributed by atoms with Crippen LogP contribution in [0.5, 0.6) is 5.75 Å². The minimum atomic E-state index is -0.830. The largest absolute Gasteiger partial charge is 0.493 e. The molecule has 1 aliphatic rings. The second kappa shape index (κ2) is 5.47. The Bertz CT molecular complexity index is 495. The fraction of sp³-hybridized carbons (Fsp3) is 0.533. The first-order chi connectivity index (χ1) is 9.31. The molecule has 4 nitrogen and oxygen atoms in total. The van der Waals surface area contributed by atoms with E-state index >= 15 is 0 Å². The van der Waals surface area contributed by atoms with E-state index in [0.29, 0.717) is 19.0 Å². The molecular formula is C15H20BNO3. The zero-order valence-corrected chi connectivity index (χ0v) is 12.5. The summed E-state index contributed by atoms with van der Waals surface area (Å²) < 4.78 is 17.0. The Morgan fingerprint density at radius 2 is 1.75 bits per heavy atom. The Labute approximate surface area is 120 Å². The Hall–Kier alpha value is -1.51. The van der Waals surface area contributed by atoms with E-state index < -0.39 is 5.60 Å². The molecule has 0 unspecified atom stereocenters. The number of benzene rings is 1. The zero-order valence-electron chi connectivity index (χ0n) is 12.5. The lowest BCUT2D eigenvalue weighted by molar-refractivity contribution is 0.0343. The highest BCUT2D eigenvalue weighted by molar-refractivity contribution is 6.61. The van der Waals surface area contributed by atoms with Crippen LogP contribution < -0.4 is 10.2 Å². The van der Waals surface area contributed by atoms with Gasteiger partial charge in [-0.25, -0.2) is 0 Å². The zero-order chi connectivity index (χ0) is 14.8. The van der Waals surface area contributed by atoms with Gasteiger partial charge in [0.2, 0.25) is 0 Å². The molecule has 0 amide bonds. The number of rotatable bonds is 3. The summed E-state index contributed by atoms with van der Waals surface area (Å²) in [5.41, 5.74) is 0.197. The van der Waals surface area contributed by atoms with E-state index in [1.807, 2.05) is 24.3 Å². The SMILES string of the molecule is CC1(C)COB(c2ccc(OC(C)(C)C#N)cc2)OC1. The molecule has 0 radical (unpaired) electrons. The van der Waals surface area contributed by atoms with Gasteiger partial charge in [0.05, 0.1) is 0 Å². The molecule has 0 spiro atoms. The van der Waals surface area contributed by atoms with Crippen LogP contribution in [0.3, 0.4) is 0 Å². The predicted octanol–water partition coefficient (Wildman–Crippen LogP) is 2.14. The quantitative estimate of drug-likeness (QED) is 0.792. The third kappa shape index (κ3) is 3.75. The normalized spacial score (nSPS) is 18.4. The highest BCUT2D eigenvalue weighted by Gasteiger charge is 2.33. The van der Waals surface area contributed by atoms with Gasteiger partial charge < -0.3 is 14.0 Å². The van der Waals surface area contributed by atoms with Gasteiger partial charge >= 0.3 is 7.12 Å². The molecule has 1 aromatic rings. The Balaban J connectivity index is 2.01. The molecule has 0 atom stereocenters. The van der Waals surface area contributed by atoms with Crippen LogP contribution in [-0.2, 0) is 9.31 Å². The van der Waals surface area contributed by atoms with E-state index in [1.165, 1.54) is 0 Å². The monoisotopic (exact) mass is 273 g/mol. The molecule has 5 heteroatoms. The second-order valence-corrected chi connectivity index (χ2v) is 6.41. The molecule has 1 fully saturated rings. The van der Waals surface area contributed by atoms with Crippen LogP contribution in [0, 0.1) is 16.7 Å².